The Kier molecular flexibility index (Phi) is 7.83. The number of hydrogen-bond donors (Lipinski definition) is 0. The molecule has 1 fully saturated rings. The molecule has 1 saturated heterocycles. The van der Waals surface area contributed by atoms with Gasteiger partial charge in [-0.15, -0.1) is 0 Å². The number of thioether (sulfide) groups is 1. The molecule has 1 aliphatic rings. The van der Waals surface area contributed by atoms with Gasteiger partial charge in [-0.05, 0) is 77.9 Å². The predicted octanol–water partition coefficient (Wildman–Crippen LogP) is 7.21. The minimum Gasteiger partial charge on any atom is -0.490 e. The molecule has 0 unspecified atom stereocenters. The molecular formula is C26H21Cl2NO4S. The van der Waals surface area contributed by atoms with E-state index in [1.165, 1.54) is 4.90 Å². The summed E-state index contributed by atoms with van der Waals surface area (Å²) < 4.78 is 11.7. The monoisotopic (exact) mass is 513 g/mol. The molecule has 2 amide bonds. The van der Waals surface area contributed by atoms with Gasteiger partial charge in [0.15, 0.2) is 11.5 Å². The molecule has 0 atom stereocenters. The van der Waals surface area contributed by atoms with Gasteiger partial charge in [-0.25, -0.2) is 0 Å². The maximum absolute atomic E-state index is 12.9. The molecule has 5 nitrogen and oxygen atoms in total. The minimum absolute atomic E-state index is 0.195. The van der Waals surface area contributed by atoms with Crippen molar-refractivity contribution in [1.82, 2.24) is 4.90 Å². The Morgan fingerprint density at radius 3 is 2.15 bits per heavy atom. The van der Waals surface area contributed by atoms with Crippen molar-refractivity contribution in [3.63, 3.8) is 0 Å². The standard InChI is InChI=1S/C26H21Cl2NO4S/c1-2-32-23-13-19(7-12-22(23)33-16-18-5-10-21(28)11-6-18)14-24-25(30)29(26(31)34-24)15-17-3-8-20(27)9-4-17/h3-14H,2,15-16H2,1H3/b24-14-. The average Bonchev–Trinajstić information content (AvgIpc) is 3.08. The van der Waals surface area contributed by atoms with Gasteiger partial charge in [0.25, 0.3) is 11.1 Å². The molecule has 0 spiro atoms. The highest BCUT2D eigenvalue weighted by atomic mass is 35.5. The summed E-state index contributed by atoms with van der Waals surface area (Å²) in [6.07, 6.45) is 1.69. The first-order valence-corrected chi connectivity index (χ1v) is 12.1. The van der Waals surface area contributed by atoms with Crippen molar-refractivity contribution >= 4 is 52.2 Å². The van der Waals surface area contributed by atoms with E-state index in [1.54, 1.807) is 42.5 Å². The summed E-state index contributed by atoms with van der Waals surface area (Å²) in [5.74, 6) is 0.821. The van der Waals surface area contributed by atoms with E-state index in [4.69, 9.17) is 32.7 Å². The number of benzene rings is 3. The first kappa shape index (κ1) is 24.2. The zero-order valence-electron chi connectivity index (χ0n) is 18.3. The fourth-order valence-electron chi connectivity index (χ4n) is 3.30. The number of halogens is 2. The van der Waals surface area contributed by atoms with Crippen molar-refractivity contribution in [2.75, 3.05) is 6.61 Å². The van der Waals surface area contributed by atoms with Gasteiger partial charge in [-0.1, -0.05) is 53.5 Å². The van der Waals surface area contributed by atoms with Gasteiger partial charge in [-0.2, -0.15) is 0 Å². The van der Waals surface area contributed by atoms with Crippen LogP contribution in [0.25, 0.3) is 6.08 Å². The van der Waals surface area contributed by atoms with Gasteiger partial charge in [0.2, 0.25) is 0 Å². The number of rotatable bonds is 8. The lowest BCUT2D eigenvalue weighted by Gasteiger charge is -2.13. The molecule has 0 saturated carbocycles. The maximum Gasteiger partial charge on any atom is 0.293 e. The Morgan fingerprint density at radius 2 is 1.50 bits per heavy atom. The number of nitrogens with zero attached hydrogens (tertiary/aromatic N) is 1. The van der Waals surface area contributed by atoms with Gasteiger partial charge in [0, 0.05) is 10.0 Å². The van der Waals surface area contributed by atoms with Crippen LogP contribution in [0.4, 0.5) is 4.79 Å². The number of imide groups is 1. The fourth-order valence-corrected chi connectivity index (χ4v) is 4.39. The van der Waals surface area contributed by atoms with Crippen LogP contribution in [0.2, 0.25) is 10.0 Å². The Balaban J connectivity index is 1.49. The molecule has 0 aliphatic carbocycles. The second-order valence-corrected chi connectivity index (χ2v) is 9.31. The van der Waals surface area contributed by atoms with Crippen molar-refractivity contribution < 1.29 is 19.1 Å². The molecule has 0 radical (unpaired) electrons. The zero-order valence-corrected chi connectivity index (χ0v) is 20.6. The molecule has 8 heteroatoms. The summed E-state index contributed by atoms with van der Waals surface area (Å²) >= 11 is 12.8. The van der Waals surface area contributed by atoms with Crippen molar-refractivity contribution in [3.8, 4) is 11.5 Å². The SMILES string of the molecule is CCOc1cc(/C=C2\SC(=O)N(Cc3ccc(Cl)cc3)C2=O)ccc1OCc1ccc(Cl)cc1. The zero-order chi connectivity index (χ0) is 24.1. The first-order chi connectivity index (χ1) is 16.4. The Labute approximate surface area is 212 Å². The van der Waals surface area contributed by atoms with Gasteiger partial charge >= 0.3 is 0 Å². The van der Waals surface area contributed by atoms with E-state index in [9.17, 15) is 9.59 Å². The van der Waals surface area contributed by atoms with Crippen LogP contribution in [0, 0.1) is 0 Å². The third-order valence-electron chi connectivity index (χ3n) is 5.00. The lowest BCUT2D eigenvalue weighted by atomic mass is 10.1. The number of ether oxygens (including phenoxy) is 2. The highest BCUT2D eigenvalue weighted by Crippen LogP contribution is 2.35. The van der Waals surface area contributed by atoms with E-state index in [0.717, 1.165) is 28.5 Å². The molecule has 0 aromatic heterocycles. The summed E-state index contributed by atoms with van der Waals surface area (Å²) in [6, 6.07) is 19.9. The second kappa shape index (κ2) is 11.0. The molecule has 0 bridgehead atoms. The molecule has 0 N–H and O–H groups in total. The quantitative estimate of drug-likeness (QED) is 0.298. The van der Waals surface area contributed by atoms with Crippen LogP contribution in [0.5, 0.6) is 11.5 Å². The molecule has 3 aromatic rings. The van der Waals surface area contributed by atoms with Crippen LogP contribution in [0.15, 0.2) is 71.6 Å². The van der Waals surface area contributed by atoms with Crippen LogP contribution in [-0.4, -0.2) is 22.7 Å². The van der Waals surface area contributed by atoms with E-state index >= 15 is 0 Å². The van der Waals surface area contributed by atoms with E-state index in [2.05, 4.69) is 0 Å². The van der Waals surface area contributed by atoms with E-state index in [0.29, 0.717) is 39.7 Å². The molecular weight excluding hydrogens is 493 g/mol. The number of amides is 2. The van der Waals surface area contributed by atoms with Crippen LogP contribution < -0.4 is 9.47 Å². The van der Waals surface area contributed by atoms with Gasteiger partial charge in [-0.3, -0.25) is 14.5 Å². The molecule has 3 aromatic carbocycles. The Morgan fingerprint density at radius 1 is 0.853 bits per heavy atom. The smallest absolute Gasteiger partial charge is 0.293 e. The van der Waals surface area contributed by atoms with E-state index in [1.807, 2.05) is 37.3 Å². The summed E-state index contributed by atoms with van der Waals surface area (Å²) in [5.41, 5.74) is 2.54. The summed E-state index contributed by atoms with van der Waals surface area (Å²) in [4.78, 5) is 26.9. The summed E-state index contributed by atoms with van der Waals surface area (Å²) in [7, 11) is 0. The largest absolute Gasteiger partial charge is 0.490 e. The van der Waals surface area contributed by atoms with Crippen molar-refractivity contribution in [3.05, 3.63) is 98.4 Å². The first-order valence-electron chi connectivity index (χ1n) is 10.6. The highest BCUT2D eigenvalue weighted by Gasteiger charge is 2.35. The lowest BCUT2D eigenvalue weighted by Crippen LogP contribution is -2.27. The van der Waals surface area contributed by atoms with Crippen LogP contribution in [0.1, 0.15) is 23.6 Å². The van der Waals surface area contributed by atoms with Gasteiger partial charge in [0.05, 0.1) is 18.1 Å². The lowest BCUT2D eigenvalue weighted by molar-refractivity contribution is -0.123. The Hall–Kier alpha value is -2.93. The maximum atomic E-state index is 12.9. The number of carbonyl (C=O) groups excluding carboxylic acids is 2. The molecule has 1 aliphatic heterocycles. The van der Waals surface area contributed by atoms with Crippen LogP contribution in [0.3, 0.4) is 0 Å². The van der Waals surface area contributed by atoms with E-state index < -0.39 is 0 Å². The fraction of sp³-hybridized carbons (Fsp3) is 0.154. The average molecular weight is 514 g/mol. The normalized spacial score (nSPS) is 14.7. The highest BCUT2D eigenvalue weighted by molar-refractivity contribution is 8.18. The molecule has 174 valence electrons. The van der Waals surface area contributed by atoms with Crippen LogP contribution >= 0.6 is 35.0 Å². The Bertz CT molecular complexity index is 1230. The minimum atomic E-state index is -0.328. The molecule has 1 heterocycles. The third kappa shape index (κ3) is 5.95. The summed E-state index contributed by atoms with van der Waals surface area (Å²) in [6.45, 7) is 2.90. The van der Waals surface area contributed by atoms with Gasteiger partial charge < -0.3 is 9.47 Å². The number of hydrogen-bond acceptors (Lipinski definition) is 5. The molecule has 4 rings (SSSR count). The predicted molar refractivity (Wildman–Crippen MR) is 136 cm³/mol. The number of carbonyl (C=O) groups is 2. The summed E-state index contributed by atoms with van der Waals surface area (Å²) in [5, 5.41) is 0.961. The van der Waals surface area contributed by atoms with Crippen LogP contribution in [-0.2, 0) is 17.9 Å². The van der Waals surface area contributed by atoms with Gasteiger partial charge in [0.1, 0.15) is 6.61 Å². The topological polar surface area (TPSA) is 55.8 Å². The van der Waals surface area contributed by atoms with Crippen molar-refractivity contribution in [1.29, 1.82) is 0 Å². The third-order valence-corrected chi connectivity index (χ3v) is 6.41. The van der Waals surface area contributed by atoms with Crippen molar-refractivity contribution in [2.45, 2.75) is 20.1 Å². The second-order valence-electron chi connectivity index (χ2n) is 7.45. The molecule has 34 heavy (non-hydrogen) atoms. The van der Waals surface area contributed by atoms with Crippen molar-refractivity contribution in [2.24, 2.45) is 0 Å². The van der Waals surface area contributed by atoms with E-state index in [-0.39, 0.29) is 17.7 Å².